The fourth-order valence-electron chi connectivity index (χ4n) is 7.16. The van der Waals surface area contributed by atoms with Gasteiger partial charge in [-0.25, -0.2) is 14.6 Å². The first-order chi connectivity index (χ1) is 20.2. The Morgan fingerprint density at radius 1 is 1.10 bits per heavy atom. The van der Waals surface area contributed by atoms with E-state index in [4.69, 9.17) is 31.4 Å². The van der Waals surface area contributed by atoms with Gasteiger partial charge < -0.3 is 14.5 Å². The number of piperidine rings is 1. The molecule has 2 aliphatic heterocycles. The van der Waals surface area contributed by atoms with Crippen LogP contribution in [0.25, 0.3) is 22.3 Å². The summed E-state index contributed by atoms with van der Waals surface area (Å²) in [7, 11) is 1.83. The van der Waals surface area contributed by atoms with Gasteiger partial charge in [0.25, 0.3) is 0 Å². The van der Waals surface area contributed by atoms with E-state index in [2.05, 4.69) is 64.5 Å². The minimum Gasteiger partial charge on any atom is -0.381 e. The Bertz CT molecular complexity index is 1670. The van der Waals surface area contributed by atoms with Gasteiger partial charge in [0.05, 0.1) is 28.7 Å². The molecule has 1 saturated heterocycles. The predicted molar refractivity (Wildman–Crippen MR) is 168 cm³/mol. The number of anilines is 2. The Morgan fingerprint density at radius 2 is 1.90 bits per heavy atom. The molecular weight excluding hydrogens is 548 g/mol. The lowest BCUT2D eigenvalue weighted by molar-refractivity contribution is -0.00647. The van der Waals surface area contributed by atoms with E-state index in [1.165, 1.54) is 18.4 Å². The maximum atomic E-state index is 7.05. The molecule has 1 aliphatic carbocycles. The second-order valence-corrected chi connectivity index (χ2v) is 13.4. The van der Waals surface area contributed by atoms with Crippen molar-refractivity contribution >= 4 is 34.1 Å². The number of aromatic nitrogens is 6. The quantitative estimate of drug-likeness (QED) is 0.287. The highest BCUT2D eigenvalue weighted by atomic mass is 35.5. The van der Waals surface area contributed by atoms with Crippen LogP contribution in [0.1, 0.15) is 74.2 Å². The molecule has 4 aromatic rings. The van der Waals surface area contributed by atoms with Gasteiger partial charge in [0, 0.05) is 74.1 Å². The summed E-state index contributed by atoms with van der Waals surface area (Å²) in [4.78, 5) is 15.6. The molecule has 1 aromatic carbocycles. The van der Waals surface area contributed by atoms with Crippen LogP contribution in [0.3, 0.4) is 0 Å². The molecular formula is C32H41ClN8O. The van der Waals surface area contributed by atoms with E-state index in [9.17, 15) is 0 Å². The first kappa shape index (κ1) is 27.7. The largest absolute Gasteiger partial charge is 0.381 e. The molecule has 1 atom stereocenters. The molecule has 3 aliphatic rings. The summed E-state index contributed by atoms with van der Waals surface area (Å²) in [6.45, 7) is 15.0. The smallest absolute Gasteiger partial charge is 0.162 e. The molecule has 0 unspecified atom stereocenters. The fraction of sp³-hybridized carbons (Fsp3) is 0.562. The third kappa shape index (κ3) is 4.47. The zero-order valence-electron chi connectivity index (χ0n) is 25.6. The van der Waals surface area contributed by atoms with Crippen molar-refractivity contribution in [2.45, 2.75) is 85.4 Å². The molecule has 0 spiro atoms. The van der Waals surface area contributed by atoms with Gasteiger partial charge in [0.1, 0.15) is 16.7 Å². The van der Waals surface area contributed by atoms with E-state index in [0.717, 1.165) is 101 Å². The van der Waals surface area contributed by atoms with Crippen LogP contribution in [0.4, 0.5) is 11.6 Å². The highest BCUT2D eigenvalue weighted by Gasteiger charge is 2.39. The third-order valence-corrected chi connectivity index (χ3v) is 9.92. The number of methoxy groups -OCH3 is 1. The summed E-state index contributed by atoms with van der Waals surface area (Å²) >= 11 is 7.05. The average Bonchev–Trinajstić information content (AvgIpc) is 3.67. The molecule has 42 heavy (non-hydrogen) atoms. The van der Waals surface area contributed by atoms with Crippen LogP contribution in [0.5, 0.6) is 0 Å². The minimum atomic E-state index is -0.0142. The van der Waals surface area contributed by atoms with E-state index in [-0.39, 0.29) is 11.5 Å². The summed E-state index contributed by atoms with van der Waals surface area (Å²) in [6.07, 6.45) is 4.35. The number of hydrogen-bond donors (Lipinski definition) is 1. The summed E-state index contributed by atoms with van der Waals surface area (Å²) in [6, 6.07) is 4.23. The van der Waals surface area contributed by atoms with Crippen molar-refractivity contribution in [2.75, 3.05) is 36.5 Å². The van der Waals surface area contributed by atoms with Crippen LogP contribution in [0, 0.1) is 19.3 Å². The summed E-state index contributed by atoms with van der Waals surface area (Å²) in [5.74, 6) is 3.35. The van der Waals surface area contributed by atoms with Gasteiger partial charge >= 0.3 is 0 Å². The van der Waals surface area contributed by atoms with E-state index < -0.39 is 0 Å². The summed E-state index contributed by atoms with van der Waals surface area (Å²) in [5.41, 5.74) is 7.56. The number of fused-ring (bicyclic) bond motifs is 2. The zero-order chi connectivity index (χ0) is 29.3. The SMILES string of the molecule is CCn1nc(C2CC2)c(Cl)c1N1CCc2nc(-c3c(C)ccc4[nH]nc(C)c34)nc(N3CC[C@@H](OC)C(C)(C)C3)c2C1. The van der Waals surface area contributed by atoms with E-state index >= 15 is 0 Å². The van der Waals surface area contributed by atoms with E-state index in [1.54, 1.807) is 0 Å². The number of halogens is 1. The number of ether oxygens (including phenoxy) is 1. The maximum Gasteiger partial charge on any atom is 0.162 e. The van der Waals surface area contributed by atoms with Gasteiger partial charge in [-0.1, -0.05) is 31.5 Å². The van der Waals surface area contributed by atoms with E-state index in [0.29, 0.717) is 12.5 Å². The molecule has 10 heteroatoms. The maximum absolute atomic E-state index is 7.05. The average molecular weight is 589 g/mol. The number of nitrogens with zero attached hydrogens (tertiary/aromatic N) is 7. The van der Waals surface area contributed by atoms with Crippen molar-refractivity contribution in [3.8, 4) is 11.4 Å². The Balaban J connectivity index is 1.36. The van der Waals surface area contributed by atoms with Crippen molar-refractivity contribution in [2.24, 2.45) is 5.41 Å². The monoisotopic (exact) mass is 588 g/mol. The summed E-state index contributed by atoms with van der Waals surface area (Å²) < 4.78 is 7.99. The molecule has 0 bridgehead atoms. The highest BCUT2D eigenvalue weighted by molar-refractivity contribution is 6.33. The minimum absolute atomic E-state index is 0.0142. The Morgan fingerprint density at radius 3 is 2.62 bits per heavy atom. The van der Waals surface area contributed by atoms with Crippen molar-refractivity contribution in [3.63, 3.8) is 0 Å². The lowest BCUT2D eigenvalue weighted by atomic mass is 9.81. The third-order valence-electron chi connectivity index (χ3n) is 9.55. The normalized spacial score (nSPS) is 20.4. The lowest BCUT2D eigenvalue weighted by Gasteiger charge is -2.45. The molecule has 7 rings (SSSR count). The van der Waals surface area contributed by atoms with Crippen LogP contribution in [0.2, 0.25) is 5.02 Å². The molecule has 2 fully saturated rings. The number of aromatic amines is 1. The van der Waals surface area contributed by atoms with Crippen LogP contribution in [-0.2, 0) is 24.2 Å². The molecule has 5 heterocycles. The topological polar surface area (TPSA) is 88.0 Å². The van der Waals surface area contributed by atoms with Gasteiger partial charge in [-0.3, -0.25) is 5.10 Å². The first-order valence-corrected chi connectivity index (χ1v) is 15.7. The van der Waals surface area contributed by atoms with Gasteiger partial charge in [-0.05, 0) is 51.7 Å². The van der Waals surface area contributed by atoms with Crippen LogP contribution < -0.4 is 9.80 Å². The molecule has 0 radical (unpaired) electrons. The van der Waals surface area contributed by atoms with Gasteiger partial charge in [0.2, 0.25) is 0 Å². The Kier molecular flexibility index (Phi) is 6.73. The van der Waals surface area contributed by atoms with Gasteiger partial charge in [0.15, 0.2) is 5.82 Å². The Hall–Kier alpha value is -3.17. The lowest BCUT2D eigenvalue weighted by Crippen LogP contribution is -2.50. The zero-order valence-corrected chi connectivity index (χ0v) is 26.3. The predicted octanol–water partition coefficient (Wildman–Crippen LogP) is 6.20. The van der Waals surface area contributed by atoms with Crippen molar-refractivity contribution in [1.82, 2.24) is 29.9 Å². The van der Waals surface area contributed by atoms with E-state index in [1.807, 2.05) is 14.0 Å². The number of benzene rings is 1. The number of H-pyrrole nitrogens is 1. The number of aryl methyl sites for hydroxylation is 3. The first-order valence-electron chi connectivity index (χ1n) is 15.3. The molecule has 9 nitrogen and oxygen atoms in total. The second kappa shape index (κ2) is 10.2. The summed E-state index contributed by atoms with van der Waals surface area (Å²) in [5, 5.41) is 14.6. The van der Waals surface area contributed by atoms with Crippen molar-refractivity contribution in [1.29, 1.82) is 0 Å². The number of hydrogen-bond acceptors (Lipinski definition) is 7. The standard InChI is InChI=1S/C32H41ClN8O/c1-7-41-31(27(33)28(38-41)20-9-10-20)39-14-12-22-21(16-39)30(40-15-13-24(42-6)32(4,5)17-40)35-29(34-22)25-18(2)8-11-23-26(25)19(3)36-37-23/h8,11,20,24H,7,9-10,12-17H2,1-6H3,(H,36,37)/t24-/m1/s1. The van der Waals surface area contributed by atoms with Crippen LogP contribution in [0.15, 0.2) is 12.1 Å². The van der Waals surface area contributed by atoms with Gasteiger partial charge in [-0.2, -0.15) is 10.2 Å². The van der Waals surface area contributed by atoms with Crippen LogP contribution in [-0.4, -0.2) is 62.8 Å². The molecule has 1 N–H and O–H groups in total. The van der Waals surface area contributed by atoms with Gasteiger partial charge in [-0.15, -0.1) is 0 Å². The molecule has 1 saturated carbocycles. The van der Waals surface area contributed by atoms with Crippen molar-refractivity contribution < 1.29 is 4.74 Å². The molecule has 222 valence electrons. The molecule has 3 aromatic heterocycles. The fourth-order valence-corrected chi connectivity index (χ4v) is 7.57. The highest BCUT2D eigenvalue weighted by Crippen LogP contribution is 2.46. The molecule has 0 amide bonds. The van der Waals surface area contributed by atoms with Crippen molar-refractivity contribution in [3.05, 3.63) is 45.4 Å². The number of nitrogens with one attached hydrogen (secondary N) is 1. The Labute approximate surface area is 252 Å². The number of rotatable bonds is 6. The van der Waals surface area contributed by atoms with Crippen LogP contribution >= 0.6 is 11.6 Å². The second-order valence-electron chi connectivity index (χ2n) is 13.0.